The van der Waals surface area contributed by atoms with Gasteiger partial charge in [0, 0.05) is 37.8 Å². The van der Waals surface area contributed by atoms with Gasteiger partial charge in [0.25, 0.3) is 5.91 Å². The highest BCUT2D eigenvalue weighted by atomic mass is 16.7. The summed E-state index contributed by atoms with van der Waals surface area (Å²) in [5.74, 6) is 2.14. The van der Waals surface area contributed by atoms with Crippen LogP contribution < -0.4 is 9.47 Å². The van der Waals surface area contributed by atoms with E-state index in [-0.39, 0.29) is 24.5 Å². The first-order valence-electron chi connectivity index (χ1n) is 12.1. The molecule has 1 fully saturated rings. The zero-order valence-corrected chi connectivity index (χ0v) is 20.5. The summed E-state index contributed by atoms with van der Waals surface area (Å²) in [6, 6.07) is 13.0. The number of rotatable bonds is 6. The molecule has 1 aromatic carbocycles. The summed E-state index contributed by atoms with van der Waals surface area (Å²) < 4.78 is 16.1. The van der Waals surface area contributed by atoms with Crippen molar-refractivity contribution < 1.29 is 23.5 Å². The second kappa shape index (κ2) is 10.3. The zero-order chi connectivity index (χ0) is 25.1. The van der Waals surface area contributed by atoms with Gasteiger partial charge in [-0.2, -0.15) is 0 Å². The average Bonchev–Trinajstić information content (AvgIpc) is 3.58. The van der Waals surface area contributed by atoms with Crippen LogP contribution in [-0.4, -0.2) is 53.5 Å². The molecule has 5 rings (SSSR count). The number of carbonyl (C=O) groups excluding carboxylic acids is 2. The maximum Gasteiger partial charge on any atom is 0.255 e. The minimum absolute atomic E-state index is 0.0298. The third kappa shape index (κ3) is 5.12. The molecule has 0 atom stereocenters. The lowest BCUT2D eigenvalue weighted by Crippen LogP contribution is -2.37. The van der Waals surface area contributed by atoms with Gasteiger partial charge in [0.05, 0.1) is 24.1 Å². The van der Waals surface area contributed by atoms with Crippen LogP contribution in [0.4, 0.5) is 0 Å². The highest BCUT2D eigenvalue weighted by Gasteiger charge is 2.28. The van der Waals surface area contributed by atoms with Crippen LogP contribution >= 0.6 is 0 Å². The summed E-state index contributed by atoms with van der Waals surface area (Å²) in [5, 5.41) is 0. The first-order chi connectivity index (χ1) is 17.5. The van der Waals surface area contributed by atoms with Gasteiger partial charge in [0.15, 0.2) is 11.5 Å². The summed E-state index contributed by atoms with van der Waals surface area (Å²) in [5.41, 5.74) is 3.19. The van der Waals surface area contributed by atoms with Gasteiger partial charge in [-0.1, -0.05) is 6.07 Å². The molecule has 8 nitrogen and oxygen atoms in total. The predicted octanol–water partition coefficient (Wildman–Crippen LogP) is 4.40. The van der Waals surface area contributed by atoms with Gasteiger partial charge in [0.1, 0.15) is 5.76 Å². The van der Waals surface area contributed by atoms with Crippen molar-refractivity contribution in [3.8, 4) is 11.5 Å². The zero-order valence-electron chi connectivity index (χ0n) is 20.5. The Labute approximate surface area is 210 Å². The van der Waals surface area contributed by atoms with E-state index in [2.05, 4.69) is 0 Å². The number of piperidine rings is 1. The molecule has 186 valence electrons. The van der Waals surface area contributed by atoms with E-state index >= 15 is 0 Å². The number of pyridine rings is 1. The Hall–Kier alpha value is -4.07. The molecule has 0 N–H and O–H groups in total. The molecule has 4 heterocycles. The van der Waals surface area contributed by atoms with Gasteiger partial charge in [-0.3, -0.25) is 14.6 Å². The standard InChI is InChI=1S/C28H29N3O5/c1-19-5-8-23(28(33)30(2)17-22-4-3-15-34-22)27(29-19)21-11-13-31(14-12-21)26(32)10-7-20-6-9-24-25(16-20)36-18-35-24/h3-10,15-16,21H,11-14,17-18H2,1-2H3/b10-7+. The first kappa shape index (κ1) is 23.7. The van der Waals surface area contributed by atoms with E-state index in [9.17, 15) is 9.59 Å². The lowest BCUT2D eigenvalue weighted by Gasteiger charge is -2.32. The quantitative estimate of drug-likeness (QED) is 0.479. The lowest BCUT2D eigenvalue weighted by molar-refractivity contribution is -0.127. The summed E-state index contributed by atoms with van der Waals surface area (Å²) in [4.78, 5) is 34.3. The smallest absolute Gasteiger partial charge is 0.255 e. The molecule has 0 radical (unpaired) electrons. The van der Waals surface area contributed by atoms with Crippen LogP contribution in [0, 0.1) is 6.92 Å². The van der Waals surface area contributed by atoms with E-state index in [1.54, 1.807) is 30.4 Å². The highest BCUT2D eigenvalue weighted by molar-refractivity contribution is 5.95. The number of fused-ring (bicyclic) bond motifs is 1. The molecule has 2 aliphatic rings. The largest absolute Gasteiger partial charge is 0.467 e. The van der Waals surface area contributed by atoms with Crippen LogP contribution in [0.15, 0.2) is 59.2 Å². The molecule has 36 heavy (non-hydrogen) atoms. The molecule has 8 heteroatoms. The number of amides is 2. The number of hydrogen-bond acceptors (Lipinski definition) is 6. The fourth-order valence-electron chi connectivity index (χ4n) is 4.65. The van der Waals surface area contributed by atoms with Crippen LogP contribution in [0.5, 0.6) is 11.5 Å². The fourth-order valence-corrected chi connectivity index (χ4v) is 4.65. The average molecular weight is 488 g/mol. The highest BCUT2D eigenvalue weighted by Crippen LogP contribution is 2.33. The number of aryl methyl sites for hydroxylation is 1. The lowest BCUT2D eigenvalue weighted by atomic mass is 9.89. The Morgan fingerprint density at radius 3 is 2.69 bits per heavy atom. The number of carbonyl (C=O) groups is 2. The van der Waals surface area contributed by atoms with E-state index < -0.39 is 0 Å². The fraction of sp³-hybridized carbons (Fsp3) is 0.321. The van der Waals surface area contributed by atoms with Crippen molar-refractivity contribution in [1.29, 1.82) is 0 Å². The van der Waals surface area contributed by atoms with E-state index in [0.717, 1.165) is 41.3 Å². The van der Waals surface area contributed by atoms with Crippen LogP contribution in [0.2, 0.25) is 0 Å². The molecular weight excluding hydrogens is 458 g/mol. The van der Waals surface area contributed by atoms with Crippen LogP contribution in [0.3, 0.4) is 0 Å². The Kier molecular flexibility index (Phi) is 6.75. The monoisotopic (exact) mass is 487 g/mol. The van der Waals surface area contributed by atoms with Crippen LogP contribution in [0.1, 0.15) is 51.8 Å². The second-order valence-corrected chi connectivity index (χ2v) is 9.17. The van der Waals surface area contributed by atoms with Gasteiger partial charge in [-0.25, -0.2) is 0 Å². The maximum atomic E-state index is 13.3. The molecular formula is C28H29N3O5. The number of nitrogens with zero attached hydrogens (tertiary/aromatic N) is 3. The number of ether oxygens (including phenoxy) is 2. The third-order valence-electron chi connectivity index (χ3n) is 6.62. The Balaban J connectivity index is 1.23. The molecule has 2 amide bonds. The Morgan fingerprint density at radius 1 is 1.11 bits per heavy atom. The molecule has 0 unspecified atom stereocenters. The number of aromatic nitrogens is 1. The van der Waals surface area contributed by atoms with Crippen molar-refractivity contribution in [3.05, 3.63) is 83.1 Å². The van der Waals surface area contributed by atoms with Gasteiger partial charge in [-0.05, 0) is 67.8 Å². The van der Waals surface area contributed by atoms with E-state index in [1.165, 1.54) is 0 Å². The van der Waals surface area contributed by atoms with Gasteiger partial charge < -0.3 is 23.7 Å². The van der Waals surface area contributed by atoms with Crippen molar-refractivity contribution in [2.75, 3.05) is 26.9 Å². The summed E-state index contributed by atoms with van der Waals surface area (Å²) >= 11 is 0. The number of likely N-dealkylation sites (tertiary alicyclic amines) is 1. The number of furan rings is 1. The molecule has 0 bridgehead atoms. The van der Waals surface area contributed by atoms with Crippen molar-refractivity contribution in [2.45, 2.75) is 32.2 Å². The summed E-state index contributed by atoms with van der Waals surface area (Å²) in [6.45, 7) is 3.77. The number of hydrogen-bond donors (Lipinski definition) is 0. The molecule has 0 aliphatic carbocycles. The normalized spacial score (nSPS) is 15.4. The second-order valence-electron chi connectivity index (χ2n) is 9.17. The van der Waals surface area contributed by atoms with Gasteiger partial charge in [-0.15, -0.1) is 0 Å². The predicted molar refractivity (Wildman–Crippen MR) is 134 cm³/mol. The Bertz CT molecular complexity index is 1280. The van der Waals surface area contributed by atoms with Crippen molar-refractivity contribution in [1.82, 2.24) is 14.8 Å². The molecule has 2 aromatic heterocycles. The topological polar surface area (TPSA) is 85.1 Å². The maximum absolute atomic E-state index is 13.3. The molecule has 2 aliphatic heterocycles. The molecule has 0 spiro atoms. The third-order valence-corrected chi connectivity index (χ3v) is 6.62. The summed E-state index contributed by atoms with van der Waals surface area (Å²) in [6.07, 6.45) is 6.50. The van der Waals surface area contributed by atoms with Crippen molar-refractivity contribution in [3.63, 3.8) is 0 Å². The number of benzene rings is 1. The minimum Gasteiger partial charge on any atom is -0.467 e. The van der Waals surface area contributed by atoms with Crippen LogP contribution in [0.25, 0.3) is 6.08 Å². The molecule has 3 aromatic rings. The Morgan fingerprint density at radius 2 is 1.92 bits per heavy atom. The molecule has 0 saturated carbocycles. The van der Waals surface area contributed by atoms with E-state index in [0.29, 0.717) is 30.9 Å². The van der Waals surface area contributed by atoms with E-state index in [4.69, 9.17) is 18.9 Å². The summed E-state index contributed by atoms with van der Waals surface area (Å²) in [7, 11) is 1.77. The van der Waals surface area contributed by atoms with Crippen molar-refractivity contribution in [2.24, 2.45) is 0 Å². The SMILES string of the molecule is Cc1ccc(C(=O)N(C)Cc2ccco2)c(C2CCN(C(=O)/C=C/c3ccc4c(c3)OCO4)CC2)n1. The van der Waals surface area contributed by atoms with Gasteiger partial charge >= 0.3 is 0 Å². The first-order valence-corrected chi connectivity index (χ1v) is 12.1. The van der Waals surface area contributed by atoms with E-state index in [1.807, 2.05) is 54.3 Å². The van der Waals surface area contributed by atoms with Gasteiger partial charge in [0.2, 0.25) is 12.7 Å². The molecule has 1 saturated heterocycles. The van der Waals surface area contributed by atoms with Crippen molar-refractivity contribution >= 4 is 17.9 Å². The van der Waals surface area contributed by atoms with Crippen LogP contribution in [-0.2, 0) is 11.3 Å². The minimum atomic E-state index is -0.0842.